The number of hydrogen-bond donors (Lipinski definition) is 1. The van der Waals surface area contributed by atoms with Crippen molar-refractivity contribution in [1.29, 1.82) is 0 Å². The van der Waals surface area contributed by atoms with E-state index in [-0.39, 0.29) is 0 Å². The molecule has 1 N–H and O–H groups in total. The van der Waals surface area contributed by atoms with E-state index in [2.05, 4.69) is 12.2 Å². The summed E-state index contributed by atoms with van der Waals surface area (Å²) in [5, 5.41) is 4.22. The van der Waals surface area contributed by atoms with Crippen molar-refractivity contribution in [3.8, 4) is 5.75 Å². The topological polar surface area (TPSA) is 21.3 Å². The fourth-order valence-corrected chi connectivity index (χ4v) is 2.84. The molecule has 0 spiro atoms. The van der Waals surface area contributed by atoms with Crippen LogP contribution in [0.4, 0.5) is 0 Å². The second-order valence-corrected chi connectivity index (χ2v) is 5.69. The fourth-order valence-electron chi connectivity index (χ4n) is 2.64. The van der Waals surface area contributed by atoms with Gasteiger partial charge in [-0.1, -0.05) is 18.5 Å². The summed E-state index contributed by atoms with van der Waals surface area (Å²) in [5.74, 6) is 2.54. The maximum atomic E-state index is 6.08. The molecule has 2 atom stereocenters. The van der Waals surface area contributed by atoms with Crippen LogP contribution in [0.1, 0.15) is 25.3 Å². The number of benzene rings is 1. The molecule has 1 aromatic carbocycles. The largest absolute Gasteiger partial charge is 0.496 e. The van der Waals surface area contributed by atoms with Crippen molar-refractivity contribution in [2.75, 3.05) is 14.2 Å². The van der Waals surface area contributed by atoms with E-state index < -0.39 is 0 Å². The van der Waals surface area contributed by atoms with E-state index in [1.165, 1.54) is 18.4 Å². The van der Waals surface area contributed by atoms with Gasteiger partial charge in [-0.05, 0) is 61.9 Å². The van der Waals surface area contributed by atoms with Crippen LogP contribution in [-0.4, -0.2) is 20.2 Å². The minimum Gasteiger partial charge on any atom is -0.496 e. The maximum absolute atomic E-state index is 6.08. The zero-order chi connectivity index (χ0) is 13.1. The van der Waals surface area contributed by atoms with Crippen molar-refractivity contribution in [2.45, 2.75) is 32.2 Å². The van der Waals surface area contributed by atoms with Crippen molar-refractivity contribution >= 4 is 11.6 Å². The first kappa shape index (κ1) is 13.7. The minimum absolute atomic E-state index is 0.491. The molecule has 100 valence electrons. The molecule has 2 nitrogen and oxygen atoms in total. The normalized spacial score (nSPS) is 18.4. The van der Waals surface area contributed by atoms with Crippen LogP contribution in [0.2, 0.25) is 5.02 Å². The summed E-state index contributed by atoms with van der Waals surface area (Å²) >= 11 is 6.08. The lowest BCUT2D eigenvalue weighted by molar-refractivity contribution is 0.350. The Bertz CT molecular complexity index is 403. The number of ether oxygens (including phenoxy) is 1. The monoisotopic (exact) mass is 267 g/mol. The first-order valence-electron chi connectivity index (χ1n) is 6.65. The third kappa shape index (κ3) is 3.18. The van der Waals surface area contributed by atoms with Gasteiger partial charge in [-0.3, -0.25) is 0 Å². The average Bonchev–Trinajstić information content (AvgIpc) is 3.19. The van der Waals surface area contributed by atoms with Gasteiger partial charge in [0.25, 0.3) is 0 Å². The second kappa shape index (κ2) is 5.94. The van der Waals surface area contributed by atoms with Gasteiger partial charge in [0, 0.05) is 11.1 Å². The van der Waals surface area contributed by atoms with Gasteiger partial charge in [-0.25, -0.2) is 0 Å². The van der Waals surface area contributed by atoms with Crippen LogP contribution in [-0.2, 0) is 6.42 Å². The van der Waals surface area contributed by atoms with Crippen LogP contribution in [0.3, 0.4) is 0 Å². The van der Waals surface area contributed by atoms with Crippen LogP contribution in [0.25, 0.3) is 0 Å². The van der Waals surface area contributed by atoms with Gasteiger partial charge >= 0.3 is 0 Å². The number of likely N-dealkylation sites (N-methyl/N-ethyl adjacent to an activating group) is 1. The van der Waals surface area contributed by atoms with Crippen LogP contribution in [0.15, 0.2) is 18.2 Å². The molecule has 0 bridgehead atoms. The van der Waals surface area contributed by atoms with Crippen molar-refractivity contribution < 1.29 is 4.74 Å². The quantitative estimate of drug-likeness (QED) is 0.851. The van der Waals surface area contributed by atoms with Crippen molar-refractivity contribution in [3.05, 3.63) is 28.8 Å². The molecular weight excluding hydrogens is 246 g/mol. The van der Waals surface area contributed by atoms with Gasteiger partial charge in [-0.15, -0.1) is 0 Å². The van der Waals surface area contributed by atoms with Gasteiger partial charge < -0.3 is 10.1 Å². The van der Waals surface area contributed by atoms with Crippen LogP contribution in [0, 0.1) is 11.8 Å². The van der Waals surface area contributed by atoms with Crippen molar-refractivity contribution in [1.82, 2.24) is 5.32 Å². The van der Waals surface area contributed by atoms with Gasteiger partial charge in [0.2, 0.25) is 0 Å². The Balaban J connectivity index is 2.12. The molecule has 18 heavy (non-hydrogen) atoms. The zero-order valence-electron chi connectivity index (χ0n) is 11.4. The molecule has 1 aliphatic rings. The van der Waals surface area contributed by atoms with Crippen molar-refractivity contribution in [3.63, 3.8) is 0 Å². The molecule has 0 amide bonds. The van der Waals surface area contributed by atoms with Gasteiger partial charge in [0.1, 0.15) is 5.75 Å². The molecule has 0 saturated heterocycles. The highest BCUT2D eigenvalue weighted by Gasteiger charge is 2.32. The first-order valence-corrected chi connectivity index (χ1v) is 7.03. The molecule has 1 saturated carbocycles. The zero-order valence-corrected chi connectivity index (χ0v) is 12.1. The third-order valence-electron chi connectivity index (χ3n) is 4.05. The number of rotatable bonds is 6. The minimum atomic E-state index is 0.491. The summed E-state index contributed by atoms with van der Waals surface area (Å²) in [7, 11) is 3.76. The smallest absolute Gasteiger partial charge is 0.122 e. The van der Waals surface area contributed by atoms with Gasteiger partial charge in [-0.2, -0.15) is 0 Å². The number of nitrogens with one attached hydrogen (secondary N) is 1. The van der Waals surface area contributed by atoms with Gasteiger partial charge in [0.05, 0.1) is 7.11 Å². The first-order chi connectivity index (χ1) is 8.65. The molecule has 2 rings (SSSR count). The lowest BCUT2D eigenvalue weighted by Gasteiger charge is -2.24. The highest BCUT2D eigenvalue weighted by atomic mass is 35.5. The van der Waals surface area contributed by atoms with E-state index in [1.807, 2.05) is 25.2 Å². The molecular formula is C15H22ClNO. The van der Waals surface area contributed by atoms with E-state index >= 15 is 0 Å². The Labute approximate surface area is 115 Å². The highest BCUT2D eigenvalue weighted by molar-refractivity contribution is 6.30. The summed E-state index contributed by atoms with van der Waals surface area (Å²) < 4.78 is 5.42. The van der Waals surface area contributed by atoms with Gasteiger partial charge in [0.15, 0.2) is 0 Å². The van der Waals surface area contributed by atoms with E-state index in [4.69, 9.17) is 16.3 Å². The number of methoxy groups -OCH3 is 1. The Hall–Kier alpha value is -0.730. The molecule has 2 unspecified atom stereocenters. The molecule has 0 aliphatic heterocycles. The lowest BCUT2D eigenvalue weighted by atomic mass is 9.91. The van der Waals surface area contributed by atoms with E-state index in [0.29, 0.717) is 12.0 Å². The molecule has 0 radical (unpaired) electrons. The predicted molar refractivity (Wildman–Crippen MR) is 76.4 cm³/mol. The number of halogens is 1. The van der Waals surface area contributed by atoms with Crippen molar-refractivity contribution in [2.24, 2.45) is 11.8 Å². The predicted octanol–water partition coefficient (Wildman–Crippen LogP) is 3.53. The fraction of sp³-hybridized carbons (Fsp3) is 0.600. The standard InChI is InChI=1S/C15H22ClNO/c1-10(11-4-5-11)14(17-2)9-12-8-13(16)6-7-15(12)18-3/h6-8,10-11,14,17H,4-5,9H2,1-3H3. The van der Waals surface area contributed by atoms with Crippen LogP contribution >= 0.6 is 11.6 Å². The summed E-state index contributed by atoms with van der Waals surface area (Å²) in [6.45, 7) is 2.34. The third-order valence-corrected chi connectivity index (χ3v) is 4.29. The summed E-state index contributed by atoms with van der Waals surface area (Å²) in [4.78, 5) is 0. The molecule has 0 heterocycles. The molecule has 1 fully saturated rings. The Morgan fingerprint density at radius 2 is 2.17 bits per heavy atom. The molecule has 0 aromatic heterocycles. The van der Waals surface area contributed by atoms with E-state index in [0.717, 1.165) is 23.1 Å². The van der Waals surface area contributed by atoms with E-state index in [1.54, 1.807) is 7.11 Å². The SMILES string of the molecule is CNC(Cc1cc(Cl)ccc1OC)C(C)C1CC1. The lowest BCUT2D eigenvalue weighted by Crippen LogP contribution is -2.35. The maximum Gasteiger partial charge on any atom is 0.122 e. The second-order valence-electron chi connectivity index (χ2n) is 5.25. The van der Waals surface area contributed by atoms with E-state index in [9.17, 15) is 0 Å². The Morgan fingerprint density at radius 3 is 2.72 bits per heavy atom. The van der Waals surface area contributed by atoms with Crippen LogP contribution < -0.4 is 10.1 Å². The summed E-state index contributed by atoms with van der Waals surface area (Å²) in [6, 6.07) is 6.34. The molecule has 1 aromatic rings. The molecule has 1 aliphatic carbocycles. The Morgan fingerprint density at radius 1 is 1.44 bits per heavy atom. The number of hydrogen-bond acceptors (Lipinski definition) is 2. The average molecular weight is 268 g/mol. The summed E-state index contributed by atoms with van der Waals surface area (Å²) in [5.41, 5.74) is 1.19. The Kier molecular flexibility index (Phi) is 4.52. The summed E-state index contributed by atoms with van der Waals surface area (Å²) in [6.07, 6.45) is 3.73. The molecule has 3 heteroatoms. The van der Waals surface area contributed by atoms with Crippen LogP contribution in [0.5, 0.6) is 5.75 Å². The highest BCUT2D eigenvalue weighted by Crippen LogP contribution is 2.39.